The van der Waals surface area contributed by atoms with E-state index in [0.717, 1.165) is 128 Å². The van der Waals surface area contributed by atoms with Gasteiger partial charge in [0.1, 0.15) is 17.0 Å². The normalized spacial score (nSPS) is 12.9. The zero-order valence-corrected chi connectivity index (χ0v) is 50.9. The van der Waals surface area contributed by atoms with E-state index in [1.54, 1.807) is 0 Å². The smallest absolute Gasteiger partial charge is 0.145 e. The summed E-state index contributed by atoms with van der Waals surface area (Å²) in [5, 5.41) is 4.33. The van der Waals surface area contributed by atoms with Gasteiger partial charge in [0.15, 0.2) is 0 Å². The van der Waals surface area contributed by atoms with Crippen molar-refractivity contribution in [3.05, 3.63) is 304 Å². The molecule has 4 nitrogen and oxygen atoms in total. The Morgan fingerprint density at radius 3 is 1.44 bits per heavy atom. The van der Waals surface area contributed by atoms with E-state index >= 15 is 0 Å². The third-order valence-corrected chi connectivity index (χ3v) is 17.9. The molecule has 86 heavy (non-hydrogen) atoms. The molecule has 14 rings (SSSR count). The number of pyridine rings is 1. The predicted molar refractivity (Wildman–Crippen MR) is 363 cm³/mol. The van der Waals surface area contributed by atoms with Crippen molar-refractivity contribution in [2.45, 2.75) is 85.5 Å². The summed E-state index contributed by atoms with van der Waals surface area (Å²) in [5.41, 5.74) is 24.5. The minimum atomic E-state index is -0.898. The molecule has 1 aliphatic rings. The number of hydrogen-bond acceptors (Lipinski definition) is 4. The molecule has 0 spiro atoms. The van der Waals surface area contributed by atoms with Gasteiger partial charge in [-0.05, 0) is 160 Å². The summed E-state index contributed by atoms with van der Waals surface area (Å²) in [7, 11) is 0. The lowest BCUT2D eigenvalue weighted by atomic mass is 9.67. The van der Waals surface area contributed by atoms with E-state index in [-0.39, 0.29) is 10.8 Å². The Bertz CT molecular complexity index is 4680. The van der Waals surface area contributed by atoms with Crippen LogP contribution in [0.25, 0.3) is 66.1 Å². The molecule has 2 heterocycles. The zero-order chi connectivity index (χ0) is 59.2. The van der Waals surface area contributed by atoms with Gasteiger partial charge in [-0.2, -0.15) is 0 Å². The van der Waals surface area contributed by atoms with Crippen molar-refractivity contribution in [3.63, 3.8) is 0 Å². The van der Waals surface area contributed by atoms with Gasteiger partial charge in [-0.3, -0.25) is 4.90 Å². The quantitative estimate of drug-likeness (QED) is 0.137. The molecule has 0 bridgehead atoms. The summed E-state index contributed by atoms with van der Waals surface area (Å²) < 4.78 is 7.63. The van der Waals surface area contributed by atoms with Gasteiger partial charge in [0.25, 0.3) is 0 Å². The SMILES string of the molecule is Cc1ccc(-c2cc(C)ccc2N(c2ccc(C(C)(C)C)cc2)c2cc3c(c4oc5ccccc5c24)-c2c(cc(N(c4ccc(C(C)(C)C)cc4)c4ncc(C)cc4-c4ccc(C)cc4)c4ccccc24)C3(c2ccccc2)c2ccccc2)cc1. The van der Waals surface area contributed by atoms with E-state index in [9.17, 15) is 0 Å². The lowest BCUT2D eigenvalue weighted by molar-refractivity contribution is 0.590. The minimum absolute atomic E-state index is 0.0520. The Morgan fingerprint density at radius 2 is 0.860 bits per heavy atom. The predicted octanol–water partition coefficient (Wildman–Crippen LogP) is 22.6. The number of anilines is 6. The summed E-state index contributed by atoms with van der Waals surface area (Å²) in [6.45, 7) is 22.4. The van der Waals surface area contributed by atoms with Crippen LogP contribution in [0, 0.1) is 27.7 Å². The molecular formula is C82H71N3O. The molecule has 0 N–H and O–H groups in total. The van der Waals surface area contributed by atoms with Gasteiger partial charge in [-0.1, -0.05) is 240 Å². The van der Waals surface area contributed by atoms with Gasteiger partial charge >= 0.3 is 0 Å². The Hall–Kier alpha value is -9.77. The highest BCUT2D eigenvalue weighted by atomic mass is 16.3. The molecule has 0 fully saturated rings. The van der Waals surface area contributed by atoms with Gasteiger partial charge in [-0.15, -0.1) is 0 Å². The topological polar surface area (TPSA) is 32.5 Å². The van der Waals surface area contributed by atoms with Crippen LogP contribution in [0.2, 0.25) is 0 Å². The molecule has 0 radical (unpaired) electrons. The summed E-state index contributed by atoms with van der Waals surface area (Å²) in [6.07, 6.45) is 2.02. The number of hydrogen-bond donors (Lipinski definition) is 0. The number of benzene rings is 11. The van der Waals surface area contributed by atoms with Gasteiger partial charge in [0.05, 0.1) is 27.9 Å². The number of aryl methyl sites for hydroxylation is 4. The van der Waals surface area contributed by atoms with Crippen molar-refractivity contribution < 1.29 is 4.42 Å². The van der Waals surface area contributed by atoms with Gasteiger partial charge in [0.2, 0.25) is 0 Å². The Morgan fingerprint density at radius 1 is 0.384 bits per heavy atom. The first-order valence-corrected chi connectivity index (χ1v) is 30.3. The number of para-hydroxylation sites is 1. The number of furan rings is 1. The number of aromatic nitrogens is 1. The molecule has 2 aromatic heterocycles. The maximum Gasteiger partial charge on any atom is 0.145 e. The van der Waals surface area contributed by atoms with E-state index in [4.69, 9.17) is 9.40 Å². The van der Waals surface area contributed by atoms with Crippen LogP contribution in [0.1, 0.15) is 97.2 Å². The molecule has 420 valence electrons. The first kappa shape index (κ1) is 54.2. The first-order chi connectivity index (χ1) is 41.6. The lowest BCUT2D eigenvalue weighted by Gasteiger charge is -2.36. The molecule has 1 aliphatic carbocycles. The molecule has 0 amide bonds. The average molecular weight is 1110 g/mol. The third kappa shape index (κ3) is 9.01. The molecule has 0 saturated heterocycles. The molecule has 0 unspecified atom stereocenters. The summed E-state index contributed by atoms with van der Waals surface area (Å²) in [5.74, 6) is 0.853. The van der Waals surface area contributed by atoms with Crippen molar-refractivity contribution in [1.82, 2.24) is 4.98 Å². The van der Waals surface area contributed by atoms with Crippen LogP contribution in [-0.4, -0.2) is 4.98 Å². The van der Waals surface area contributed by atoms with Crippen LogP contribution in [-0.2, 0) is 16.2 Å². The van der Waals surface area contributed by atoms with Crippen molar-refractivity contribution in [3.8, 4) is 33.4 Å². The Labute approximate surface area is 506 Å². The van der Waals surface area contributed by atoms with Gasteiger partial charge < -0.3 is 9.32 Å². The third-order valence-electron chi connectivity index (χ3n) is 17.9. The second kappa shape index (κ2) is 20.8. The summed E-state index contributed by atoms with van der Waals surface area (Å²) >= 11 is 0. The van der Waals surface area contributed by atoms with E-state index in [1.165, 1.54) is 27.8 Å². The summed E-state index contributed by atoms with van der Waals surface area (Å²) in [4.78, 5) is 10.5. The van der Waals surface area contributed by atoms with E-state index in [1.807, 2.05) is 6.20 Å². The zero-order valence-electron chi connectivity index (χ0n) is 50.9. The molecule has 0 saturated carbocycles. The molecule has 0 aliphatic heterocycles. The highest BCUT2D eigenvalue weighted by molar-refractivity contribution is 6.23. The van der Waals surface area contributed by atoms with E-state index in [2.05, 4.69) is 322 Å². The number of nitrogens with zero attached hydrogens (tertiary/aromatic N) is 3. The lowest BCUT2D eigenvalue weighted by Crippen LogP contribution is -2.29. The van der Waals surface area contributed by atoms with Crippen LogP contribution < -0.4 is 9.80 Å². The number of rotatable bonds is 10. The average Bonchev–Trinajstić information content (AvgIpc) is 1.55. The van der Waals surface area contributed by atoms with Crippen molar-refractivity contribution >= 4 is 67.0 Å². The van der Waals surface area contributed by atoms with Crippen LogP contribution in [0.4, 0.5) is 34.3 Å². The largest absolute Gasteiger partial charge is 0.455 e. The highest BCUT2D eigenvalue weighted by Crippen LogP contribution is 2.64. The maximum absolute atomic E-state index is 7.63. The highest BCUT2D eigenvalue weighted by Gasteiger charge is 2.50. The summed E-state index contributed by atoms with van der Waals surface area (Å²) in [6, 6.07) is 90.8. The van der Waals surface area contributed by atoms with Crippen molar-refractivity contribution in [1.29, 1.82) is 0 Å². The fourth-order valence-electron chi connectivity index (χ4n) is 13.5. The molecule has 13 aromatic rings. The minimum Gasteiger partial charge on any atom is -0.455 e. The van der Waals surface area contributed by atoms with Crippen molar-refractivity contribution in [2.75, 3.05) is 9.80 Å². The van der Waals surface area contributed by atoms with Crippen LogP contribution in [0.3, 0.4) is 0 Å². The van der Waals surface area contributed by atoms with E-state index < -0.39 is 5.41 Å². The second-order valence-electron chi connectivity index (χ2n) is 25.9. The Balaban J connectivity index is 1.16. The van der Waals surface area contributed by atoms with Crippen LogP contribution in [0.15, 0.2) is 253 Å². The first-order valence-electron chi connectivity index (χ1n) is 30.3. The van der Waals surface area contributed by atoms with Gasteiger partial charge in [0, 0.05) is 45.0 Å². The fraction of sp³-hybridized carbons (Fsp3) is 0.159. The molecule has 0 atom stereocenters. The molecular weight excluding hydrogens is 1040 g/mol. The molecule has 11 aromatic carbocycles. The van der Waals surface area contributed by atoms with Crippen LogP contribution >= 0.6 is 0 Å². The second-order valence-corrected chi connectivity index (χ2v) is 25.9. The Kier molecular flexibility index (Phi) is 13.1. The number of fused-ring (bicyclic) bond motifs is 9. The van der Waals surface area contributed by atoms with E-state index in [0.29, 0.717) is 0 Å². The van der Waals surface area contributed by atoms with Gasteiger partial charge in [-0.25, -0.2) is 4.98 Å². The fourth-order valence-corrected chi connectivity index (χ4v) is 13.5. The maximum atomic E-state index is 7.63. The van der Waals surface area contributed by atoms with Crippen LogP contribution in [0.5, 0.6) is 0 Å². The molecule has 4 heteroatoms. The standard InChI is InChI=1S/C82H71N3O/c1-52-29-34-56(35-30-52)67-47-54(3)33-46-71(67)84(62-42-38-58(39-43-62)80(5,6)7)73-50-70-77(78-76(73)66-27-19-20-28-74(66)86-78)75-65-26-18-17-25-64(65)72(49-69(75)82(70,60-21-13-11-14-22-60)61-23-15-12-16-24-61)85(63-44-40-59(41-45-63)81(8,9)10)79-68(48-55(4)51-83-79)57-36-31-53(2)32-37-57/h11-51H,1-10H3. The van der Waals surface area contributed by atoms with Crippen molar-refractivity contribution in [2.24, 2.45) is 0 Å². The monoisotopic (exact) mass is 1110 g/mol.